The Morgan fingerprint density at radius 3 is 2.28 bits per heavy atom. The van der Waals surface area contributed by atoms with E-state index in [1.807, 2.05) is 12.2 Å². The first-order valence-corrected chi connectivity index (χ1v) is 5.45. The lowest BCUT2D eigenvalue weighted by Gasteiger charge is -2.16. The van der Waals surface area contributed by atoms with E-state index in [1.54, 1.807) is 12.1 Å². The molecule has 0 fully saturated rings. The van der Waals surface area contributed by atoms with Crippen molar-refractivity contribution in [3.05, 3.63) is 35.4 Å². The predicted molar refractivity (Wildman–Crippen MR) is 60.3 cm³/mol. The summed E-state index contributed by atoms with van der Waals surface area (Å²) in [6, 6.07) is 5.13. The minimum atomic E-state index is -4.43. The van der Waals surface area contributed by atoms with Crippen LogP contribution in [-0.4, -0.2) is 23.8 Å². The van der Waals surface area contributed by atoms with E-state index in [1.165, 1.54) is 12.1 Å². The van der Waals surface area contributed by atoms with Gasteiger partial charge < -0.3 is 5.11 Å². The van der Waals surface area contributed by atoms with Crippen LogP contribution in [0.3, 0.4) is 0 Å². The molecule has 1 rings (SSSR count). The molecule has 0 aromatic heterocycles. The predicted octanol–water partition coefficient (Wildman–Crippen LogP) is 2.53. The highest BCUT2D eigenvalue weighted by Crippen LogP contribution is 2.18. The van der Waals surface area contributed by atoms with E-state index in [2.05, 4.69) is 0 Å². The summed E-state index contributed by atoms with van der Waals surface area (Å²) in [5.41, 5.74) is 1.31. The number of carbonyl (C=O) groups is 1. The van der Waals surface area contributed by atoms with Crippen molar-refractivity contribution in [3.8, 4) is 0 Å². The maximum atomic E-state index is 12.1. The van der Waals surface area contributed by atoms with E-state index in [4.69, 9.17) is 5.11 Å². The van der Waals surface area contributed by atoms with Gasteiger partial charge in [-0.2, -0.15) is 13.2 Å². The molecular formula is C12H14F3NO2. The van der Waals surface area contributed by atoms with Crippen molar-refractivity contribution in [1.82, 2.24) is 5.32 Å². The van der Waals surface area contributed by atoms with Crippen LogP contribution in [0.15, 0.2) is 24.3 Å². The molecular weight excluding hydrogens is 247 g/mol. The summed E-state index contributed by atoms with van der Waals surface area (Å²) >= 11 is 0. The van der Waals surface area contributed by atoms with Crippen LogP contribution >= 0.6 is 0 Å². The fourth-order valence-electron chi connectivity index (χ4n) is 1.51. The van der Waals surface area contributed by atoms with Gasteiger partial charge in [-0.1, -0.05) is 31.2 Å². The molecule has 3 nitrogen and oxygen atoms in total. The van der Waals surface area contributed by atoms with Gasteiger partial charge >= 0.3 is 12.1 Å². The zero-order valence-electron chi connectivity index (χ0n) is 9.79. The lowest BCUT2D eigenvalue weighted by molar-refractivity contribution is -0.143. The van der Waals surface area contributed by atoms with Crippen molar-refractivity contribution in [2.24, 2.45) is 0 Å². The second-order valence-corrected chi connectivity index (χ2v) is 3.86. The highest BCUT2D eigenvalue weighted by atomic mass is 19.4. The Morgan fingerprint density at radius 1 is 1.33 bits per heavy atom. The normalized spacial score (nSPS) is 13.3. The zero-order valence-corrected chi connectivity index (χ0v) is 9.79. The second kappa shape index (κ2) is 5.86. The van der Waals surface area contributed by atoms with Crippen LogP contribution in [0.25, 0.3) is 0 Å². The number of carboxylic acid groups (broad SMARTS) is 1. The van der Waals surface area contributed by atoms with Gasteiger partial charge in [-0.05, 0) is 17.5 Å². The van der Waals surface area contributed by atoms with Gasteiger partial charge in [0, 0.05) is 0 Å². The van der Waals surface area contributed by atoms with E-state index in [0.29, 0.717) is 5.56 Å². The van der Waals surface area contributed by atoms with Crippen LogP contribution in [0.2, 0.25) is 0 Å². The van der Waals surface area contributed by atoms with E-state index >= 15 is 0 Å². The average molecular weight is 261 g/mol. The molecule has 1 aromatic carbocycles. The number of hydrogen-bond donors (Lipinski definition) is 2. The first-order valence-electron chi connectivity index (χ1n) is 5.45. The Hall–Kier alpha value is -1.56. The maximum absolute atomic E-state index is 12.1. The van der Waals surface area contributed by atoms with E-state index in [0.717, 1.165) is 12.0 Å². The molecule has 18 heavy (non-hydrogen) atoms. The van der Waals surface area contributed by atoms with Gasteiger partial charge in [0.25, 0.3) is 0 Å². The molecule has 0 heterocycles. The lowest BCUT2D eigenvalue weighted by atomic mass is 10.0. The van der Waals surface area contributed by atoms with Gasteiger partial charge in [0.2, 0.25) is 0 Å². The number of aliphatic carboxylic acids is 1. The standard InChI is InChI=1S/C12H14F3NO2/c1-2-8-3-5-9(6-4-8)10(11(17)18)16-7-12(13,14)15/h3-6,10,16H,2,7H2,1H3,(H,17,18). The van der Waals surface area contributed by atoms with Crippen LogP contribution in [0.4, 0.5) is 13.2 Å². The molecule has 0 saturated heterocycles. The van der Waals surface area contributed by atoms with Gasteiger partial charge in [-0.15, -0.1) is 0 Å². The van der Waals surface area contributed by atoms with Crippen LogP contribution in [0.1, 0.15) is 24.1 Å². The van der Waals surface area contributed by atoms with Gasteiger partial charge in [0.15, 0.2) is 0 Å². The Balaban J connectivity index is 2.80. The minimum Gasteiger partial charge on any atom is -0.480 e. The number of benzene rings is 1. The van der Waals surface area contributed by atoms with Crippen molar-refractivity contribution in [2.45, 2.75) is 25.6 Å². The molecule has 2 N–H and O–H groups in total. The number of halogens is 3. The molecule has 0 radical (unpaired) electrons. The summed E-state index contributed by atoms with van der Waals surface area (Å²) in [5.74, 6) is -1.33. The van der Waals surface area contributed by atoms with Crippen LogP contribution < -0.4 is 5.32 Å². The number of rotatable bonds is 5. The molecule has 1 unspecified atom stereocenters. The molecule has 6 heteroatoms. The monoisotopic (exact) mass is 261 g/mol. The number of nitrogens with one attached hydrogen (secondary N) is 1. The Morgan fingerprint density at radius 2 is 1.89 bits per heavy atom. The molecule has 0 aliphatic heterocycles. The van der Waals surface area contributed by atoms with Crippen LogP contribution in [-0.2, 0) is 11.2 Å². The number of alkyl halides is 3. The van der Waals surface area contributed by atoms with Gasteiger partial charge in [0.05, 0.1) is 6.54 Å². The second-order valence-electron chi connectivity index (χ2n) is 3.86. The molecule has 0 bridgehead atoms. The summed E-state index contributed by atoms with van der Waals surface area (Å²) in [6.45, 7) is 0.602. The zero-order chi connectivity index (χ0) is 13.8. The smallest absolute Gasteiger partial charge is 0.401 e. The number of carboxylic acids is 1. The topological polar surface area (TPSA) is 49.3 Å². The van der Waals surface area contributed by atoms with E-state index < -0.39 is 24.7 Å². The fourth-order valence-corrected chi connectivity index (χ4v) is 1.51. The third-order valence-electron chi connectivity index (χ3n) is 2.47. The Kier molecular flexibility index (Phi) is 4.72. The molecule has 1 aromatic rings. The summed E-state index contributed by atoms with van der Waals surface area (Å²) in [7, 11) is 0. The van der Waals surface area contributed by atoms with Crippen LogP contribution in [0, 0.1) is 0 Å². The molecule has 0 saturated carbocycles. The molecule has 1 atom stereocenters. The Bertz CT molecular complexity index is 401. The van der Waals surface area contributed by atoms with Crippen molar-refractivity contribution < 1.29 is 23.1 Å². The average Bonchev–Trinajstić information content (AvgIpc) is 2.28. The van der Waals surface area contributed by atoms with Crippen molar-refractivity contribution in [2.75, 3.05) is 6.54 Å². The van der Waals surface area contributed by atoms with Gasteiger partial charge in [0.1, 0.15) is 6.04 Å². The summed E-state index contributed by atoms with van der Waals surface area (Å²) in [5, 5.41) is 10.9. The van der Waals surface area contributed by atoms with Gasteiger partial charge in [-0.3, -0.25) is 10.1 Å². The third-order valence-corrected chi connectivity index (χ3v) is 2.47. The number of aryl methyl sites for hydroxylation is 1. The highest BCUT2D eigenvalue weighted by molar-refractivity contribution is 5.75. The summed E-state index contributed by atoms with van der Waals surface area (Å²) < 4.78 is 36.2. The largest absolute Gasteiger partial charge is 0.480 e. The minimum absolute atomic E-state index is 0.309. The Labute approximate surface area is 103 Å². The lowest BCUT2D eigenvalue weighted by Crippen LogP contribution is -2.36. The fraction of sp³-hybridized carbons (Fsp3) is 0.417. The number of hydrogen-bond acceptors (Lipinski definition) is 2. The maximum Gasteiger partial charge on any atom is 0.401 e. The molecule has 0 aliphatic rings. The van der Waals surface area contributed by atoms with Crippen molar-refractivity contribution >= 4 is 5.97 Å². The van der Waals surface area contributed by atoms with Crippen molar-refractivity contribution in [1.29, 1.82) is 0 Å². The quantitative estimate of drug-likeness (QED) is 0.856. The first kappa shape index (κ1) is 14.5. The summed E-state index contributed by atoms with van der Waals surface area (Å²) in [6.07, 6.45) is -3.65. The third kappa shape index (κ3) is 4.37. The highest BCUT2D eigenvalue weighted by Gasteiger charge is 2.30. The molecule has 0 aliphatic carbocycles. The summed E-state index contributed by atoms with van der Waals surface area (Å²) in [4.78, 5) is 10.9. The SMILES string of the molecule is CCc1ccc(C(NCC(F)(F)F)C(=O)O)cc1. The van der Waals surface area contributed by atoms with Crippen molar-refractivity contribution in [3.63, 3.8) is 0 Å². The van der Waals surface area contributed by atoms with E-state index in [-0.39, 0.29) is 0 Å². The van der Waals surface area contributed by atoms with E-state index in [9.17, 15) is 18.0 Å². The first-order chi connectivity index (χ1) is 8.33. The molecule has 100 valence electrons. The molecule has 0 amide bonds. The van der Waals surface area contributed by atoms with Gasteiger partial charge in [-0.25, -0.2) is 0 Å². The molecule has 0 spiro atoms. The van der Waals surface area contributed by atoms with Crippen LogP contribution in [0.5, 0.6) is 0 Å².